The molecule has 0 unspecified atom stereocenters. The number of amides is 1. The Hall–Kier alpha value is -3.10. The van der Waals surface area contributed by atoms with Crippen LogP contribution in [0.15, 0.2) is 36.7 Å². The number of hydrogen-bond donors (Lipinski definition) is 2. The zero-order chi connectivity index (χ0) is 24.4. The van der Waals surface area contributed by atoms with E-state index in [1.165, 1.54) is 6.33 Å². The number of ether oxygens (including phenoxy) is 2. The molecule has 1 saturated carbocycles. The molecule has 5 rings (SSSR count). The minimum Gasteiger partial charge on any atom is -0.493 e. The van der Waals surface area contributed by atoms with Crippen LogP contribution in [-0.2, 0) is 4.79 Å². The summed E-state index contributed by atoms with van der Waals surface area (Å²) in [5.41, 5.74) is 2.60. The number of anilines is 2. The highest BCUT2D eigenvalue weighted by Crippen LogP contribution is 2.37. The van der Waals surface area contributed by atoms with Gasteiger partial charge in [-0.2, -0.15) is 0 Å². The molecule has 184 valence electrons. The molecule has 3 aromatic rings. The quantitative estimate of drug-likeness (QED) is 0.521. The maximum absolute atomic E-state index is 11.8. The van der Waals surface area contributed by atoms with E-state index in [-0.39, 0.29) is 12.0 Å². The molecule has 1 amide bonds. The average Bonchev–Trinajstić information content (AvgIpc) is 2.87. The van der Waals surface area contributed by atoms with Crippen molar-refractivity contribution in [2.75, 3.05) is 32.1 Å². The highest BCUT2D eigenvalue weighted by molar-refractivity contribution is 6.31. The summed E-state index contributed by atoms with van der Waals surface area (Å²) in [5, 5.41) is 7.84. The van der Waals surface area contributed by atoms with Crippen LogP contribution < -0.4 is 20.1 Å². The summed E-state index contributed by atoms with van der Waals surface area (Å²) in [5.74, 6) is 2.13. The summed E-state index contributed by atoms with van der Waals surface area (Å²) in [4.78, 5) is 23.0. The first kappa shape index (κ1) is 23.6. The number of halogens is 1. The van der Waals surface area contributed by atoms with Crippen LogP contribution in [0.3, 0.4) is 0 Å². The molecule has 1 saturated heterocycles. The summed E-state index contributed by atoms with van der Waals surface area (Å²) >= 11 is 6.31. The van der Waals surface area contributed by atoms with Gasteiger partial charge in [0, 0.05) is 41.3 Å². The average molecular weight is 496 g/mol. The normalized spacial score (nSPS) is 20.9. The summed E-state index contributed by atoms with van der Waals surface area (Å²) in [6.45, 7) is 4.12. The molecule has 2 N–H and O–H groups in total. The number of methoxy groups -OCH3 is 1. The molecule has 8 nitrogen and oxygen atoms in total. The van der Waals surface area contributed by atoms with Crippen LogP contribution in [0.25, 0.3) is 10.9 Å². The lowest BCUT2D eigenvalue weighted by Gasteiger charge is -2.38. The number of piperazine rings is 1. The lowest BCUT2D eigenvalue weighted by atomic mass is 9.91. The van der Waals surface area contributed by atoms with E-state index >= 15 is 0 Å². The maximum Gasteiger partial charge on any atom is 0.234 e. The number of carbonyl (C=O) groups is 1. The van der Waals surface area contributed by atoms with Crippen molar-refractivity contribution < 1.29 is 14.3 Å². The predicted molar refractivity (Wildman–Crippen MR) is 137 cm³/mol. The van der Waals surface area contributed by atoms with Crippen LogP contribution in [-0.4, -0.2) is 59.7 Å². The fraction of sp³-hybridized carbons (Fsp3) is 0.423. The molecule has 9 heteroatoms. The number of rotatable bonds is 6. The Kier molecular flexibility index (Phi) is 6.92. The summed E-state index contributed by atoms with van der Waals surface area (Å²) < 4.78 is 12.1. The van der Waals surface area contributed by atoms with Gasteiger partial charge in [0.2, 0.25) is 5.91 Å². The molecule has 2 aliphatic rings. The number of aromatic nitrogens is 2. The van der Waals surface area contributed by atoms with E-state index in [1.807, 2.05) is 37.3 Å². The van der Waals surface area contributed by atoms with E-state index in [9.17, 15) is 4.79 Å². The van der Waals surface area contributed by atoms with Crippen molar-refractivity contribution in [1.29, 1.82) is 0 Å². The van der Waals surface area contributed by atoms with Gasteiger partial charge in [-0.25, -0.2) is 9.97 Å². The van der Waals surface area contributed by atoms with Crippen LogP contribution >= 0.6 is 11.6 Å². The molecule has 2 heterocycles. The summed E-state index contributed by atoms with van der Waals surface area (Å²) in [6, 6.07) is 10.0. The number of carbonyl (C=O) groups excluding carboxylic acids is 1. The predicted octanol–water partition coefficient (Wildman–Crippen LogP) is 4.47. The standard InChI is InChI=1S/C26H30ClN5O3/c1-16-20(27)4-3-5-21(16)31-26-19-12-24(23(34-2)13-22(19)29-15-30-26)35-18-8-6-17(7-9-18)32-11-10-28-25(33)14-32/h3-5,12-13,15,17-18H,6-11,14H2,1-2H3,(H,28,33)(H,29,30,31)/t17-,18-. The number of benzene rings is 2. The van der Waals surface area contributed by atoms with Gasteiger partial charge in [0.1, 0.15) is 12.1 Å². The fourth-order valence-corrected chi connectivity index (χ4v) is 5.14. The minimum absolute atomic E-state index is 0.0902. The maximum atomic E-state index is 11.8. The van der Waals surface area contributed by atoms with Crippen molar-refractivity contribution >= 4 is 39.9 Å². The van der Waals surface area contributed by atoms with Gasteiger partial charge in [-0.15, -0.1) is 0 Å². The molecule has 0 spiro atoms. The number of fused-ring (bicyclic) bond motifs is 1. The molecule has 0 radical (unpaired) electrons. The van der Waals surface area contributed by atoms with E-state index in [1.54, 1.807) is 7.11 Å². The van der Waals surface area contributed by atoms with E-state index in [0.717, 1.165) is 60.9 Å². The van der Waals surface area contributed by atoms with Crippen LogP contribution in [0.1, 0.15) is 31.2 Å². The third-order valence-electron chi connectivity index (χ3n) is 6.96. The number of hydrogen-bond acceptors (Lipinski definition) is 7. The molecule has 0 bridgehead atoms. The third-order valence-corrected chi connectivity index (χ3v) is 7.37. The van der Waals surface area contributed by atoms with Crippen molar-refractivity contribution in [2.24, 2.45) is 0 Å². The Morgan fingerprint density at radius 2 is 1.97 bits per heavy atom. The van der Waals surface area contributed by atoms with Gasteiger partial charge in [0.15, 0.2) is 11.5 Å². The SMILES string of the molecule is COc1cc2ncnc(Nc3cccc(Cl)c3C)c2cc1O[C@H]1CC[C@H](N2CCNC(=O)C2)CC1. The van der Waals surface area contributed by atoms with Crippen LogP contribution in [0.5, 0.6) is 11.5 Å². The zero-order valence-corrected chi connectivity index (χ0v) is 20.8. The Morgan fingerprint density at radius 3 is 2.74 bits per heavy atom. The molecule has 35 heavy (non-hydrogen) atoms. The molecule has 1 aromatic heterocycles. The summed E-state index contributed by atoms with van der Waals surface area (Å²) in [7, 11) is 1.64. The first-order valence-corrected chi connectivity index (χ1v) is 12.4. The third kappa shape index (κ3) is 5.13. The molecular formula is C26H30ClN5O3. The van der Waals surface area contributed by atoms with Crippen molar-refractivity contribution in [3.05, 3.63) is 47.2 Å². The summed E-state index contributed by atoms with van der Waals surface area (Å²) in [6.07, 6.45) is 5.51. The second-order valence-corrected chi connectivity index (χ2v) is 9.56. The van der Waals surface area contributed by atoms with Crippen LogP contribution in [0, 0.1) is 6.92 Å². The topological polar surface area (TPSA) is 88.6 Å². The monoisotopic (exact) mass is 495 g/mol. The van der Waals surface area contributed by atoms with Gasteiger partial charge in [-0.1, -0.05) is 17.7 Å². The number of nitrogens with zero attached hydrogens (tertiary/aromatic N) is 3. The smallest absolute Gasteiger partial charge is 0.234 e. The van der Waals surface area contributed by atoms with Gasteiger partial charge >= 0.3 is 0 Å². The van der Waals surface area contributed by atoms with Crippen molar-refractivity contribution in [3.63, 3.8) is 0 Å². The highest BCUT2D eigenvalue weighted by Gasteiger charge is 2.30. The molecule has 1 aliphatic carbocycles. The Labute approximate surface area is 210 Å². The molecule has 0 atom stereocenters. The van der Waals surface area contributed by atoms with Gasteiger partial charge in [-0.3, -0.25) is 9.69 Å². The van der Waals surface area contributed by atoms with Gasteiger partial charge in [0.25, 0.3) is 0 Å². The molecule has 2 aromatic carbocycles. The first-order valence-electron chi connectivity index (χ1n) is 12.0. The van der Waals surface area contributed by atoms with Crippen molar-refractivity contribution in [3.8, 4) is 11.5 Å². The van der Waals surface area contributed by atoms with Gasteiger partial charge in [-0.05, 0) is 56.4 Å². The minimum atomic E-state index is 0.0902. The Bertz CT molecular complexity index is 1230. The molecule has 1 aliphatic heterocycles. The Morgan fingerprint density at radius 1 is 1.14 bits per heavy atom. The highest BCUT2D eigenvalue weighted by atomic mass is 35.5. The second kappa shape index (κ2) is 10.3. The lowest BCUT2D eigenvalue weighted by Crippen LogP contribution is -2.52. The van der Waals surface area contributed by atoms with E-state index in [4.69, 9.17) is 21.1 Å². The van der Waals surface area contributed by atoms with Gasteiger partial charge in [0.05, 0.1) is 25.3 Å². The largest absolute Gasteiger partial charge is 0.493 e. The second-order valence-electron chi connectivity index (χ2n) is 9.15. The van der Waals surface area contributed by atoms with Gasteiger partial charge < -0.3 is 20.1 Å². The van der Waals surface area contributed by atoms with Crippen molar-refractivity contribution in [1.82, 2.24) is 20.2 Å². The first-order chi connectivity index (χ1) is 17.0. The fourth-order valence-electron chi connectivity index (χ4n) is 4.96. The van der Waals surface area contributed by atoms with Crippen LogP contribution in [0.2, 0.25) is 5.02 Å². The van der Waals surface area contributed by atoms with E-state index < -0.39 is 0 Å². The van der Waals surface area contributed by atoms with Crippen molar-refractivity contribution in [2.45, 2.75) is 44.8 Å². The van der Waals surface area contributed by atoms with E-state index in [2.05, 4.69) is 25.5 Å². The van der Waals surface area contributed by atoms with Crippen LogP contribution in [0.4, 0.5) is 11.5 Å². The molecular weight excluding hydrogens is 466 g/mol. The lowest BCUT2D eigenvalue weighted by molar-refractivity contribution is -0.125. The zero-order valence-electron chi connectivity index (χ0n) is 20.0. The van der Waals surface area contributed by atoms with E-state index in [0.29, 0.717) is 34.9 Å². The number of nitrogens with one attached hydrogen (secondary N) is 2. The molecule has 2 fully saturated rings. The Balaban J connectivity index is 1.35.